The number of rotatable bonds is 5. The van der Waals surface area contributed by atoms with Crippen LogP contribution in [0.3, 0.4) is 0 Å². The summed E-state index contributed by atoms with van der Waals surface area (Å²) in [5.74, 6) is 0.291. The van der Waals surface area contributed by atoms with Crippen LogP contribution in [0.15, 0.2) is 42.5 Å². The minimum atomic E-state index is -0.191. The second kappa shape index (κ2) is 9.76. The van der Waals surface area contributed by atoms with Gasteiger partial charge < -0.3 is 20.3 Å². The predicted octanol–water partition coefficient (Wildman–Crippen LogP) is 2.87. The Morgan fingerprint density at radius 3 is 2.37 bits per heavy atom. The molecule has 2 N–H and O–H groups in total. The summed E-state index contributed by atoms with van der Waals surface area (Å²) in [4.78, 5) is 28.0. The molecule has 0 bridgehead atoms. The smallest absolute Gasteiger partial charge is 0.321 e. The molecule has 1 aliphatic heterocycles. The van der Waals surface area contributed by atoms with Crippen LogP contribution in [0, 0.1) is 11.3 Å². The monoisotopic (exact) mass is 407 g/mol. The lowest BCUT2D eigenvalue weighted by atomic mass is 10.1. The Kier molecular flexibility index (Phi) is 6.88. The predicted molar refractivity (Wildman–Crippen MR) is 114 cm³/mol. The molecule has 0 unspecified atom stereocenters. The van der Waals surface area contributed by atoms with E-state index in [0.29, 0.717) is 35.8 Å². The van der Waals surface area contributed by atoms with Gasteiger partial charge in [-0.1, -0.05) is 12.1 Å². The van der Waals surface area contributed by atoms with Crippen molar-refractivity contribution in [3.63, 3.8) is 0 Å². The van der Waals surface area contributed by atoms with E-state index in [2.05, 4.69) is 21.6 Å². The van der Waals surface area contributed by atoms with Gasteiger partial charge in [-0.2, -0.15) is 5.26 Å². The van der Waals surface area contributed by atoms with E-state index in [-0.39, 0.29) is 11.9 Å². The zero-order valence-electron chi connectivity index (χ0n) is 17.1. The van der Waals surface area contributed by atoms with E-state index in [9.17, 15) is 9.59 Å². The van der Waals surface area contributed by atoms with Crippen LogP contribution in [-0.4, -0.2) is 55.0 Å². The number of amides is 3. The number of hydrogen-bond donors (Lipinski definition) is 2. The highest BCUT2D eigenvalue weighted by atomic mass is 16.5. The van der Waals surface area contributed by atoms with Gasteiger partial charge >= 0.3 is 6.03 Å². The van der Waals surface area contributed by atoms with Crippen LogP contribution in [0.1, 0.15) is 18.1 Å². The van der Waals surface area contributed by atoms with E-state index in [1.165, 1.54) is 14.0 Å². The van der Waals surface area contributed by atoms with Gasteiger partial charge in [0.25, 0.3) is 0 Å². The van der Waals surface area contributed by atoms with E-state index >= 15 is 0 Å². The van der Waals surface area contributed by atoms with Gasteiger partial charge in [-0.15, -0.1) is 0 Å². The number of benzene rings is 2. The maximum Gasteiger partial charge on any atom is 0.321 e. The standard InChI is InChI=1S/C22H25N5O3/c1-16(28)24-20-8-7-19(13-21(20)30-2)25-22(29)27-11-9-26(10-12-27)15-18-5-3-17(14-23)4-6-18/h3-8,13H,9-12,15H2,1-2H3,(H,24,28)(H,25,29). The normalized spacial score (nSPS) is 14.0. The van der Waals surface area contributed by atoms with Crippen LogP contribution in [0.25, 0.3) is 0 Å². The van der Waals surface area contributed by atoms with E-state index in [1.807, 2.05) is 24.3 Å². The first-order valence-electron chi connectivity index (χ1n) is 9.71. The van der Waals surface area contributed by atoms with Gasteiger partial charge in [0.05, 0.1) is 24.4 Å². The molecule has 3 rings (SSSR count). The molecule has 0 radical (unpaired) electrons. The average molecular weight is 407 g/mol. The number of nitriles is 1. The topological polar surface area (TPSA) is 97.7 Å². The minimum absolute atomic E-state index is 0.164. The summed E-state index contributed by atoms with van der Waals surface area (Å²) in [7, 11) is 1.51. The van der Waals surface area contributed by atoms with E-state index in [4.69, 9.17) is 10.00 Å². The quantitative estimate of drug-likeness (QED) is 0.794. The van der Waals surface area contributed by atoms with Crippen molar-refractivity contribution < 1.29 is 14.3 Å². The Morgan fingerprint density at radius 2 is 1.77 bits per heavy atom. The summed E-state index contributed by atoms with van der Waals surface area (Å²) >= 11 is 0. The molecule has 0 spiro atoms. The van der Waals surface area contributed by atoms with E-state index < -0.39 is 0 Å². The number of anilines is 2. The molecule has 3 amide bonds. The van der Waals surface area contributed by atoms with Gasteiger partial charge in [-0.05, 0) is 29.8 Å². The van der Waals surface area contributed by atoms with Crippen molar-refractivity contribution in [1.82, 2.24) is 9.80 Å². The summed E-state index contributed by atoms with van der Waals surface area (Å²) in [6.07, 6.45) is 0. The first-order chi connectivity index (χ1) is 14.5. The van der Waals surface area contributed by atoms with Crippen molar-refractivity contribution in [2.75, 3.05) is 43.9 Å². The molecule has 0 saturated carbocycles. The highest BCUT2D eigenvalue weighted by Crippen LogP contribution is 2.28. The van der Waals surface area contributed by atoms with Crippen LogP contribution in [0.2, 0.25) is 0 Å². The van der Waals surface area contributed by atoms with Crippen LogP contribution in [0.4, 0.5) is 16.2 Å². The van der Waals surface area contributed by atoms with Gasteiger partial charge in [-0.3, -0.25) is 9.69 Å². The number of piperazine rings is 1. The molecular weight excluding hydrogens is 382 g/mol. The van der Waals surface area contributed by atoms with Crippen molar-refractivity contribution in [2.24, 2.45) is 0 Å². The fourth-order valence-electron chi connectivity index (χ4n) is 3.32. The molecule has 1 saturated heterocycles. The van der Waals surface area contributed by atoms with Crippen molar-refractivity contribution >= 4 is 23.3 Å². The molecule has 2 aromatic carbocycles. The van der Waals surface area contributed by atoms with E-state index in [1.54, 1.807) is 23.1 Å². The summed E-state index contributed by atoms with van der Waals surface area (Å²) in [5.41, 5.74) is 2.96. The van der Waals surface area contributed by atoms with Crippen LogP contribution < -0.4 is 15.4 Å². The number of carbonyl (C=O) groups is 2. The second-order valence-electron chi connectivity index (χ2n) is 7.10. The molecule has 2 aromatic rings. The summed E-state index contributed by atoms with van der Waals surface area (Å²) in [6, 6.07) is 14.7. The van der Waals surface area contributed by atoms with Crippen molar-refractivity contribution in [2.45, 2.75) is 13.5 Å². The molecule has 8 heteroatoms. The lowest BCUT2D eigenvalue weighted by Crippen LogP contribution is -2.49. The zero-order chi connectivity index (χ0) is 21.5. The first-order valence-corrected chi connectivity index (χ1v) is 9.71. The SMILES string of the molecule is COc1cc(NC(=O)N2CCN(Cc3ccc(C#N)cc3)CC2)ccc1NC(C)=O. The maximum atomic E-state index is 12.6. The molecule has 156 valence electrons. The van der Waals surface area contributed by atoms with Crippen molar-refractivity contribution in [3.8, 4) is 11.8 Å². The number of carbonyl (C=O) groups excluding carboxylic acids is 2. The lowest BCUT2D eigenvalue weighted by molar-refractivity contribution is -0.114. The number of hydrogen-bond acceptors (Lipinski definition) is 5. The molecular formula is C22H25N5O3. The van der Waals surface area contributed by atoms with Gasteiger partial charge in [0, 0.05) is 51.4 Å². The van der Waals surface area contributed by atoms with Gasteiger partial charge in [0.15, 0.2) is 0 Å². The first kappa shape index (κ1) is 21.1. The Bertz CT molecular complexity index is 944. The Labute approximate surface area is 176 Å². The molecule has 8 nitrogen and oxygen atoms in total. The van der Waals surface area contributed by atoms with Gasteiger partial charge in [0.1, 0.15) is 5.75 Å². The van der Waals surface area contributed by atoms with Gasteiger partial charge in [-0.25, -0.2) is 4.79 Å². The largest absolute Gasteiger partial charge is 0.494 e. The number of nitrogens with one attached hydrogen (secondary N) is 2. The second-order valence-corrected chi connectivity index (χ2v) is 7.10. The third-order valence-electron chi connectivity index (χ3n) is 4.91. The van der Waals surface area contributed by atoms with Gasteiger partial charge in [0.2, 0.25) is 5.91 Å². The third-order valence-corrected chi connectivity index (χ3v) is 4.91. The lowest BCUT2D eigenvalue weighted by Gasteiger charge is -2.34. The molecule has 0 aromatic heterocycles. The zero-order valence-corrected chi connectivity index (χ0v) is 17.1. The number of ether oxygens (including phenoxy) is 1. The molecule has 1 heterocycles. The third kappa shape index (κ3) is 5.49. The summed E-state index contributed by atoms with van der Waals surface area (Å²) < 4.78 is 5.30. The number of nitrogens with zero attached hydrogens (tertiary/aromatic N) is 3. The van der Waals surface area contributed by atoms with Crippen molar-refractivity contribution in [1.29, 1.82) is 5.26 Å². The Balaban J connectivity index is 1.52. The fourth-order valence-corrected chi connectivity index (χ4v) is 3.32. The van der Waals surface area contributed by atoms with Crippen LogP contribution >= 0.6 is 0 Å². The summed E-state index contributed by atoms with van der Waals surface area (Å²) in [5, 5.41) is 14.5. The number of methoxy groups -OCH3 is 1. The number of urea groups is 1. The Hall–Kier alpha value is -3.57. The molecule has 1 fully saturated rings. The molecule has 0 aliphatic carbocycles. The molecule has 0 atom stereocenters. The average Bonchev–Trinajstić information content (AvgIpc) is 2.75. The minimum Gasteiger partial charge on any atom is -0.494 e. The van der Waals surface area contributed by atoms with E-state index in [0.717, 1.165) is 25.2 Å². The molecule has 1 aliphatic rings. The fraction of sp³-hybridized carbons (Fsp3) is 0.318. The highest BCUT2D eigenvalue weighted by Gasteiger charge is 2.21. The highest BCUT2D eigenvalue weighted by molar-refractivity contribution is 5.93. The van der Waals surface area contributed by atoms with Crippen LogP contribution in [-0.2, 0) is 11.3 Å². The molecule has 30 heavy (non-hydrogen) atoms. The Morgan fingerprint density at radius 1 is 1.07 bits per heavy atom. The van der Waals surface area contributed by atoms with Crippen molar-refractivity contribution in [3.05, 3.63) is 53.6 Å². The van der Waals surface area contributed by atoms with Crippen LogP contribution in [0.5, 0.6) is 5.75 Å². The summed E-state index contributed by atoms with van der Waals surface area (Å²) in [6.45, 7) is 5.03. The maximum absolute atomic E-state index is 12.6.